The van der Waals surface area contributed by atoms with Gasteiger partial charge in [0.2, 0.25) is 15.9 Å². The zero-order valence-corrected chi connectivity index (χ0v) is 16.8. The molecule has 2 aromatic heterocycles. The maximum absolute atomic E-state index is 12.2. The van der Waals surface area contributed by atoms with Crippen molar-refractivity contribution < 1.29 is 13.2 Å². The van der Waals surface area contributed by atoms with Gasteiger partial charge >= 0.3 is 0 Å². The second kappa shape index (κ2) is 8.63. The number of aromatic nitrogens is 2. The zero-order valence-electron chi connectivity index (χ0n) is 15.2. The summed E-state index contributed by atoms with van der Waals surface area (Å²) in [4.78, 5) is 28.6. The summed E-state index contributed by atoms with van der Waals surface area (Å²) in [5.41, 5.74) is 1.35. The average molecular weight is 421 g/mol. The van der Waals surface area contributed by atoms with Crippen LogP contribution in [-0.2, 0) is 21.4 Å². The number of hydrogen-bond donors (Lipinski definition) is 2. The summed E-state index contributed by atoms with van der Waals surface area (Å²) in [6, 6.07) is 8.33. The number of nitrogens with one attached hydrogen (secondary N) is 2. The normalized spacial score (nSPS) is 11.6. The van der Waals surface area contributed by atoms with Crippen molar-refractivity contribution in [1.82, 2.24) is 19.6 Å². The van der Waals surface area contributed by atoms with Crippen molar-refractivity contribution in [2.75, 3.05) is 13.1 Å². The Morgan fingerprint density at radius 2 is 1.93 bits per heavy atom. The fraction of sp³-hybridized carbons (Fsp3) is 0.278. The Labute approximate surface area is 166 Å². The molecule has 8 nitrogen and oxygen atoms in total. The van der Waals surface area contributed by atoms with Crippen LogP contribution in [0.15, 0.2) is 51.7 Å². The van der Waals surface area contributed by atoms with E-state index in [2.05, 4.69) is 15.0 Å². The molecule has 0 atom stereocenters. The molecule has 10 heteroatoms. The second-order valence-corrected chi connectivity index (χ2v) is 8.91. The summed E-state index contributed by atoms with van der Waals surface area (Å²) < 4.78 is 28.6. The van der Waals surface area contributed by atoms with Crippen LogP contribution in [0.3, 0.4) is 0 Å². The molecule has 0 bridgehead atoms. The van der Waals surface area contributed by atoms with Crippen LogP contribution in [0, 0.1) is 6.92 Å². The first-order valence-corrected chi connectivity index (χ1v) is 11.0. The van der Waals surface area contributed by atoms with Gasteiger partial charge in [0.15, 0.2) is 0 Å². The zero-order chi connectivity index (χ0) is 20.1. The minimum absolute atomic E-state index is 0.130. The van der Waals surface area contributed by atoms with Crippen molar-refractivity contribution in [3.8, 4) is 0 Å². The summed E-state index contributed by atoms with van der Waals surface area (Å²) in [6.45, 7) is 2.24. The smallest absolute Gasteiger partial charge is 0.271 e. The number of nitrogens with zero attached hydrogens (tertiary/aromatic N) is 2. The van der Waals surface area contributed by atoms with E-state index in [0.717, 1.165) is 5.56 Å². The molecule has 0 saturated heterocycles. The van der Waals surface area contributed by atoms with Gasteiger partial charge in [-0.1, -0.05) is 17.7 Å². The van der Waals surface area contributed by atoms with Gasteiger partial charge in [0.1, 0.15) is 11.2 Å². The molecule has 3 rings (SSSR count). The van der Waals surface area contributed by atoms with E-state index in [0.29, 0.717) is 23.2 Å². The topological polar surface area (TPSA) is 110 Å². The van der Waals surface area contributed by atoms with E-state index >= 15 is 0 Å². The Bertz CT molecular complexity index is 1130. The van der Waals surface area contributed by atoms with Crippen molar-refractivity contribution in [3.63, 3.8) is 0 Å². The maximum atomic E-state index is 12.2. The van der Waals surface area contributed by atoms with Crippen LogP contribution in [0.4, 0.5) is 0 Å². The van der Waals surface area contributed by atoms with Gasteiger partial charge in [-0.3, -0.25) is 14.2 Å². The monoisotopic (exact) mass is 420 g/mol. The van der Waals surface area contributed by atoms with Gasteiger partial charge in [0, 0.05) is 13.1 Å². The van der Waals surface area contributed by atoms with Gasteiger partial charge in [-0.05, 0) is 36.9 Å². The van der Waals surface area contributed by atoms with Crippen LogP contribution in [0.1, 0.15) is 12.0 Å². The fourth-order valence-corrected chi connectivity index (χ4v) is 4.39. The molecule has 3 aromatic rings. The summed E-state index contributed by atoms with van der Waals surface area (Å²) in [5, 5.41) is 4.45. The molecule has 0 spiro atoms. The molecule has 0 saturated carbocycles. The van der Waals surface area contributed by atoms with E-state index in [9.17, 15) is 18.0 Å². The van der Waals surface area contributed by atoms with E-state index in [1.165, 1.54) is 22.2 Å². The predicted molar refractivity (Wildman–Crippen MR) is 108 cm³/mol. The summed E-state index contributed by atoms with van der Waals surface area (Å²) in [7, 11) is -3.56. The minimum atomic E-state index is -3.56. The molecular weight excluding hydrogens is 400 g/mol. The molecule has 148 valence electrons. The Kier molecular flexibility index (Phi) is 6.22. The summed E-state index contributed by atoms with van der Waals surface area (Å²) in [5.74, 6) is -0.332. The predicted octanol–water partition coefficient (Wildman–Crippen LogP) is 1.25. The number of benzene rings is 1. The molecule has 0 aliphatic rings. The van der Waals surface area contributed by atoms with Gasteiger partial charge in [0.25, 0.3) is 5.56 Å². The highest BCUT2D eigenvalue weighted by atomic mass is 32.2. The third-order valence-electron chi connectivity index (χ3n) is 4.05. The molecule has 0 radical (unpaired) electrons. The third kappa shape index (κ3) is 4.83. The fourth-order valence-electron chi connectivity index (χ4n) is 2.53. The lowest BCUT2D eigenvalue weighted by atomic mass is 10.2. The molecule has 0 unspecified atom stereocenters. The molecule has 0 fully saturated rings. The average Bonchev–Trinajstić information content (AvgIpc) is 3.14. The van der Waals surface area contributed by atoms with Gasteiger partial charge in [-0.25, -0.2) is 18.1 Å². The number of carbonyl (C=O) groups is 1. The SMILES string of the molecule is Cc1ccc(S(=O)(=O)NCCCNC(=O)Cn2cnc3ccsc3c2=O)cc1. The lowest BCUT2D eigenvalue weighted by Crippen LogP contribution is -2.34. The standard InChI is InChI=1S/C18H20N4O4S2/c1-13-3-5-14(6-4-13)28(25,26)21-9-2-8-19-16(23)11-22-12-20-15-7-10-27-17(15)18(22)24/h3-7,10,12,21H,2,8-9,11H2,1H3,(H,19,23). The molecule has 1 aromatic carbocycles. The molecule has 0 aliphatic carbocycles. The molecule has 0 aliphatic heterocycles. The van der Waals surface area contributed by atoms with Gasteiger partial charge in [0.05, 0.1) is 16.7 Å². The molecular formula is C18H20N4O4S2. The lowest BCUT2D eigenvalue weighted by Gasteiger charge is -2.09. The first kappa shape index (κ1) is 20.2. The molecule has 2 heterocycles. The van der Waals surface area contributed by atoms with Crippen LogP contribution >= 0.6 is 11.3 Å². The summed E-state index contributed by atoms with van der Waals surface area (Å²) in [6.07, 6.45) is 1.78. The van der Waals surface area contributed by atoms with Crippen molar-refractivity contribution in [1.29, 1.82) is 0 Å². The first-order chi connectivity index (χ1) is 13.4. The summed E-state index contributed by atoms with van der Waals surface area (Å²) >= 11 is 1.29. The van der Waals surface area contributed by atoms with Crippen LogP contribution < -0.4 is 15.6 Å². The number of rotatable bonds is 8. The van der Waals surface area contributed by atoms with E-state index in [1.54, 1.807) is 35.7 Å². The van der Waals surface area contributed by atoms with Crippen LogP contribution in [0.5, 0.6) is 0 Å². The third-order valence-corrected chi connectivity index (χ3v) is 6.42. The molecule has 28 heavy (non-hydrogen) atoms. The van der Waals surface area contributed by atoms with Gasteiger partial charge in [-0.2, -0.15) is 0 Å². The largest absolute Gasteiger partial charge is 0.354 e. The van der Waals surface area contributed by atoms with Crippen molar-refractivity contribution >= 4 is 37.5 Å². The van der Waals surface area contributed by atoms with Crippen molar-refractivity contribution in [2.45, 2.75) is 24.8 Å². The number of sulfonamides is 1. The maximum Gasteiger partial charge on any atom is 0.271 e. The van der Waals surface area contributed by atoms with E-state index in [1.807, 2.05) is 6.92 Å². The number of fused-ring (bicyclic) bond motifs is 1. The van der Waals surface area contributed by atoms with E-state index in [-0.39, 0.29) is 29.5 Å². The number of amides is 1. The van der Waals surface area contributed by atoms with Gasteiger partial charge in [-0.15, -0.1) is 11.3 Å². The van der Waals surface area contributed by atoms with Crippen molar-refractivity contribution in [2.24, 2.45) is 0 Å². The molecule has 1 amide bonds. The minimum Gasteiger partial charge on any atom is -0.354 e. The Morgan fingerprint density at radius 3 is 2.68 bits per heavy atom. The van der Waals surface area contributed by atoms with Crippen LogP contribution in [0.25, 0.3) is 10.2 Å². The van der Waals surface area contributed by atoms with Crippen LogP contribution in [0.2, 0.25) is 0 Å². The number of carbonyl (C=O) groups excluding carboxylic acids is 1. The Morgan fingerprint density at radius 1 is 1.18 bits per heavy atom. The quantitative estimate of drug-likeness (QED) is 0.533. The number of hydrogen-bond acceptors (Lipinski definition) is 6. The number of aryl methyl sites for hydroxylation is 1. The first-order valence-electron chi connectivity index (χ1n) is 8.62. The van der Waals surface area contributed by atoms with Gasteiger partial charge < -0.3 is 5.32 Å². The second-order valence-electron chi connectivity index (χ2n) is 6.23. The highest BCUT2D eigenvalue weighted by Crippen LogP contribution is 2.13. The van der Waals surface area contributed by atoms with E-state index in [4.69, 9.17) is 0 Å². The Balaban J connectivity index is 1.44. The lowest BCUT2D eigenvalue weighted by molar-refractivity contribution is -0.121. The van der Waals surface area contributed by atoms with E-state index < -0.39 is 10.0 Å². The highest BCUT2D eigenvalue weighted by molar-refractivity contribution is 7.89. The highest BCUT2D eigenvalue weighted by Gasteiger charge is 2.13. The Hall–Kier alpha value is -2.56. The number of thiophene rings is 1. The van der Waals surface area contributed by atoms with Crippen LogP contribution in [-0.4, -0.2) is 37.0 Å². The van der Waals surface area contributed by atoms with Crippen molar-refractivity contribution in [3.05, 3.63) is 58.0 Å². The molecule has 2 N–H and O–H groups in total.